The molecule has 0 unspecified atom stereocenters. The first-order valence-corrected chi connectivity index (χ1v) is 5.93. The maximum absolute atomic E-state index is 11.6. The van der Waals surface area contributed by atoms with E-state index in [4.69, 9.17) is 0 Å². The van der Waals surface area contributed by atoms with Gasteiger partial charge in [0.05, 0.1) is 12.8 Å². The number of nitrogens with zero attached hydrogens (tertiary/aromatic N) is 2. The van der Waals surface area contributed by atoms with E-state index in [-0.39, 0.29) is 5.75 Å². The second-order valence-corrected chi connectivity index (χ2v) is 5.07. The summed E-state index contributed by atoms with van der Waals surface area (Å²) in [5.74, 6) is 0.220. The number of aromatic nitrogens is 2. The van der Waals surface area contributed by atoms with Crippen LogP contribution in [0.2, 0.25) is 0 Å². The molecule has 0 N–H and O–H groups in total. The van der Waals surface area contributed by atoms with Gasteiger partial charge in [-0.05, 0) is 6.42 Å². The molecule has 0 atom stereocenters. The fourth-order valence-corrected chi connectivity index (χ4v) is 2.42. The molecule has 0 radical (unpaired) electrons. The molecular formula is C8H15N2O2S+. The topological polar surface area (TPSA) is 43.0 Å². The Hall–Kier alpha value is -0.840. The zero-order valence-electron chi connectivity index (χ0n) is 7.97. The van der Waals surface area contributed by atoms with Gasteiger partial charge in [0, 0.05) is 0 Å². The van der Waals surface area contributed by atoms with Crippen molar-refractivity contribution in [2.24, 2.45) is 7.05 Å². The molecule has 0 amide bonds. The Balaban J connectivity index is 2.82. The van der Waals surface area contributed by atoms with E-state index >= 15 is 0 Å². The first-order chi connectivity index (χ1) is 6.06. The lowest BCUT2D eigenvalue weighted by Crippen LogP contribution is -2.25. The van der Waals surface area contributed by atoms with Gasteiger partial charge in [-0.2, -0.15) is 8.42 Å². The fourth-order valence-electron chi connectivity index (χ4n) is 1.02. The zero-order chi connectivity index (χ0) is 9.90. The Kier molecular flexibility index (Phi) is 3.08. The van der Waals surface area contributed by atoms with Crippen LogP contribution in [0.25, 0.3) is 0 Å². The average Bonchev–Trinajstić information content (AvgIpc) is 2.49. The molecule has 13 heavy (non-hydrogen) atoms. The quantitative estimate of drug-likeness (QED) is 0.660. The molecule has 0 aromatic carbocycles. The first-order valence-electron chi connectivity index (χ1n) is 4.33. The van der Waals surface area contributed by atoms with Gasteiger partial charge in [-0.1, -0.05) is 13.3 Å². The van der Waals surface area contributed by atoms with Gasteiger partial charge < -0.3 is 0 Å². The Morgan fingerprint density at radius 1 is 1.46 bits per heavy atom. The van der Waals surface area contributed by atoms with Crippen molar-refractivity contribution in [2.75, 3.05) is 5.75 Å². The number of hydrogen-bond acceptors (Lipinski definition) is 2. The van der Waals surface area contributed by atoms with E-state index in [1.807, 2.05) is 6.92 Å². The Bertz CT molecular complexity index is 367. The van der Waals surface area contributed by atoms with Crippen molar-refractivity contribution < 1.29 is 13.0 Å². The summed E-state index contributed by atoms with van der Waals surface area (Å²) in [6.07, 6.45) is 6.44. The van der Waals surface area contributed by atoms with Gasteiger partial charge in [-0.15, -0.1) is 3.97 Å². The van der Waals surface area contributed by atoms with Gasteiger partial charge in [0.15, 0.2) is 0 Å². The molecule has 0 fully saturated rings. The standard InChI is InChI=1S/C8H15N2O2S/c1-3-4-7-13(11,12)10-6-5-9(2)8-10/h5-6,8H,3-4,7H2,1-2H3/q+1. The van der Waals surface area contributed by atoms with Crippen LogP contribution < -0.4 is 4.57 Å². The van der Waals surface area contributed by atoms with Crippen LogP contribution in [0.3, 0.4) is 0 Å². The second-order valence-electron chi connectivity index (χ2n) is 3.08. The summed E-state index contributed by atoms with van der Waals surface area (Å²) in [6, 6.07) is 0. The molecule has 0 aliphatic carbocycles. The Morgan fingerprint density at radius 3 is 2.62 bits per heavy atom. The summed E-state index contributed by atoms with van der Waals surface area (Å²) < 4.78 is 26.1. The summed E-state index contributed by atoms with van der Waals surface area (Å²) in [5, 5.41) is 0. The van der Waals surface area contributed by atoms with Gasteiger partial charge in [0.25, 0.3) is 6.33 Å². The lowest BCUT2D eigenvalue weighted by molar-refractivity contribution is -0.670. The summed E-state index contributed by atoms with van der Waals surface area (Å²) >= 11 is 0. The van der Waals surface area contributed by atoms with E-state index in [9.17, 15) is 8.42 Å². The van der Waals surface area contributed by atoms with E-state index < -0.39 is 10.0 Å². The predicted octanol–water partition coefficient (Wildman–Crippen LogP) is 0.291. The van der Waals surface area contributed by atoms with Crippen LogP contribution in [0.5, 0.6) is 0 Å². The third-order valence-corrected chi connectivity index (χ3v) is 3.48. The fraction of sp³-hybridized carbons (Fsp3) is 0.625. The number of unbranched alkanes of at least 4 members (excludes halogenated alkanes) is 1. The third-order valence-electron chi connectivity index (χ3n) is 1.82. The van der Waals surface area contributed by atoms with Crippen molar-refractivity contribution in [1.82, 2.24) is 3.97 Å². The van der Waals surface area contributed by atoms with Gasteiger partial charge in [0.2, 0.25) is 0 Å². The molecule has 0 aliphatic rings. The van der Waals surface area contributed by atoms with E-state index in [0.29, 0.717) is 6.42 Å². The van der Waals surface area contributed by atoms with Crippen LogP contribution in [-0.4, -0.2) is 18.1 Å². The minimum Gasteiger partial charge on any atom is -0.239 e. The van der Waals surface area contributed by atoms with Crippen LogP contribution in [0.15, 0.2) is 18.7 Å². The molecule has 4 nitrogen and oxygen atoms in total. The van der Waals surface area contributed by atoms with Crippen molar-refractivity contribution >= 4 is 10.0 Å². The van der Waals surface area contributed by atoms with Crippen LogP contribution in [0, 0.1) is 0 Å². The van der Waals surface area contributed by atoms with Gasteiger partial charge in [0.1, 0.15) is 12.4 Å². The molecule has 0 saturated heterocycles. The van der Waals surface area contributed by atoms with E-state index in [1.165, 1.54) is 3.97 Å². The molecule has 5 heteroatoms. The highest BCUT2D eigenvalue weighted by Gasteiger charge is 2.17. The Labute approximate surface area is 78.9 Å². The van der Waals surface area contributed by atoms with Crippen LogP contribution in [0.4, 0.5) is 0 Å². The molecular weight excluding hydrogens is 188 g/mol. The summed E-state index contributed by atoms with van der Waals surface area (Å²) in [7, 11) is -1.31. The van der Waals surface area contributed by atoms with Gasteiger partial charge in [-0.3, -0.25) is 0 Å². The molecule has 0 saturated carbocycles. The minimum atomic E-state index is -3.11. The average molecular weight is 203 g/mol. The van der Waals surface area contributed by atoms with Crippen LogP contribution >= 0.6 is 0 Å². The Morgan fingerprint density at radius 2 is 2.15 bits per heavy atom. The van der Waals surface area contributed by atoms with Crippen molar-refractivity contribution in [3.05, 3.63) is 18.7 Å². The molecule has 0 bridgehead atoms. The SMILES string of the molecule is CCCCS(=O)(=O)n1cc[n+](C)c1. The molecule has 0 spiro atoms. The van der Waals surface area contributed by atoms with Crippen molar-refractivity contribution in [2.45, 2.75) is 19.8 Å². The molecule has 1 aromatic rings. The predicted molar refractivity (Wildman–Crippen MR) is 49.7 cm³/mol. The van der Waals surface area contributed by atoms with E-state index in [0.717, 1.165) is 6.42 Å². The molecule has 74 valence electrons. The number of rotatable bonds is 4. The number of imidazole rings is 1. The van der Waals surface area contributed by atoms with Gasteiger partial charge in [-0.25, -0.2) is 4.57 Å². The maximum Gasteiger partial charge on any atom is 0.304 e. The molecule has 1 rings (SSSR count). The minimum absolute atomic E-state index is 0.220. The van der Waals surface area contributed by atoms with E-state index in [1.54, 1.807) is 30.3 Å². The highest BCUT2D eigenvalue weighted by Crippen LogP contribution is 1.99. The molecule has 0 aliphatic heterocycles. The van der Waals surface area contributed by atoms with E-state index in [2.05, 4.69) is 0 Å². The lowest BCUT2D eigenvalue weighted by atomic mass is 10.4. The maximum atomic E-state index is 11.6. The van der Waals surface area contributed by atoms with Crippen molar-refractivity contribution in [3.8, 4) is 0 Å². The highest BCUT2D eigenvalue weighted by molar-refractivity contribution is 7.89. The lowest BCUT2D eigenvalue weighted by Gasteiger charge is -1.96. The molecule has 1 heterocycles. The largest absolute Gasteiger partial charge is 0.304 e. The summed E-state index contributed by atoms with van der Waals surface area (Å²) in [4.78, 5) is 0. The normalized spacial score (nSPS) is 11.8. The number of aryl methyl sites for hydroxylation is 1. The summed E-state index contributed by atoms with van der Waals surface area (Å²) in [6.45, 7) is 1.98. The second kappa shape index (κ2) is 3.91. The molecule has 1 aromatic heterocycles. The van der Waals surface area contributed by atoms with Gasteiger partial charge >= 0.3 is 10.0 Å². The summed E-state index contributed by atoms with van der Waals surface area (Å²) in [5.41, 5.74) is 0. The first kappa shape index (κ1) is 10.2. The van der Waals surface area contributed by atoms with Crippen LogP contribution in [0.1, 0.15) is 19.8 Å². The smallest absolute Gasteiger partial charge is 0.239 e. The number of hydrogen-bond donors (Lipinski definition) is 0. The monoisotopic (exact) mass is 203 g/mol. The third kappa shape index (κ3) is 2.55. The zero-order valence-corrected chi connectivity index (χ0v) is 8.79. The van der Waals surface area contributed by atoms with Crippen LogP contribution in [-0.2, 0) is 17.1 Å². The van der Waals surface area contributed by atoms with Crippen molar-refractivity contribution in [1.29, 1.82) is 0 Å². The van der Waals surface area contributed by atoms with Crippen molar-refractivity contribution in [3.63, 3.8) is 0 Å². The highest BCUT2D eigenvalue weighted by atomic mass is 32.2.